The molecule has 1 N–H and O–H groups in total. The second-order valence-electron chi connectivity index (χ2n) is 7.78. The first kappa shape index (κ1) is 25.6. The topological polar surface area (TPSA) is 49.4 Å². The van der Waals surface area contributed by atoms with E-state index in [2.05, 4.69) is 5.32 Å². The van der Waals surface area contributed by atoms with Gasteiger partial charge >= 0.3 is 0 Å². The van der Waals surface area contributed by atoms with Crippen molar-refractivity contribution in [1.29, 1.82) is 0 Å². The van der Waals surface area contributed by atoms with Crippen molar-refractivity contribution in [2.75, 3.05) is 5.75 Å². The highest BCUT2D eigenvalue weighted by Crippen LogP contribution is 2.25. The number of thioether (sulfide) groups is 1. The molecule has 0 unspecified atom stereocenters. The summed E-state index contributed by atoms with van der Waals surface area (Å²) in [5.74, 6) is 0.737. The van der Waals surface area contributed by atoms with Crippen molar-refractivity contribution >= 4 is 46.8 Å². The van der Waals surface area contributed by atoms with Crippen LogP contribution in [0.2, 0.25) is 10.0 Å². The molecule has 0 aliphatic heterocycles. The van der Waals surface area contributed by atoms with Crippen LogP contribution in [0.15, 0.2) is 42.5 Å². The zero-order valence-corrected chi connectivity index (χ0v) is 20.8. The van der Waals surface area contributed by atoms with Crippen LogP contribution in [-0.2, 0) is 21.9 Å². The Kier molecular flexibility index (Phi) is 10.2. The van der Waals surface area contributed by atoms with Crippen LogP contribution in [0, 0.1) is 6.92 Å². The lowest BCUT2D eigenvalue weighted by Gasteiger charge is -2.31. The molecule has 0 bridgehead atoms. The zero-order chi connectivity index (χ0) is 23.0. The minimum absolute atomic E-state index is 0.0148. The molecule has 0 aliphatic carbocycles. The van der Waals surface area contributed by atoms with Gasteiger partial charge in [0.05, 0.1) is 15.8 Å². The highest BCUT2D eigenvalue weighted by Gasteiger charge is 2.29. The largest absolute Gasteiger partial charge is 0.352 e. The molecule has 1 atom stereocenters. The number of benzene rings is 2. The van der Waals surface area contributed by atoms with Gasteiger partial charge in [-0.05, 0) is 56.0 Å². The average molecular weight is 481 g/mol. The fraction of sp³-hybridized carbons (Fsp3) is 0.417. The van der Waals surface area contributed by atoms with E-state index >= 15 is 0 Å². The third-order valence-corrected chi connectivity index (χ3v) is 6.62. The van der Waals surface area contributed by atoms with Crippen LogP contribution in [-0.4, -0.2) is 34.6 Å². The highest BCUT2D eigenvalue weighted by molar-refractivity contribution is 7.99. The summed E-state index contributed by atoms with van der Waals surface area (Å²) in [4.78, 5) is 27.8. The smallest absolute Gasteiger partial charge is 0.243 e. The summed E-state index contributed by atoms with van der Waals surface area (Å²) < 4.78 is 0. The molecule has 0 radical (unpaired) electrons. The first-order valence-electron chi connectivity index (χ1n) is 10.4. The van der Waals surface area contributed by atoms with Gasteiger partial charge < -0.3 is 10.2 Å². The molecule has 0 aromatic heterocycles. The number of carbonyl (C=O) groups excluding carboxylic acids is 2. The number of aryl methyl sites for hydroxylation is 1. The van der Waals surface area contributed by atoms with E-state index in [-0.39, 0.29) is 23.6 Å². The number of amides is 2. The molecule has 4 nitrogen and oxygen atoms in total. The maximum absolute atomic E-state index is 13.2. The fourth-order valence-electron chi connectivity index (χ4n) is 3.24. The Labute approximate surface area is 199 Å². The van der Waals surface area contributed by atoms with Crippen molar-refractivity contribution in [3.63, 3.8) is 0 Å². The number of hydrogen-bond acceptors (Lipinski definition) is 3. The van der Waals surface area contributed by atoms with E-state index in [0.29, 0.717) is 28.8 Å². The molecule has 2 amide bonds. The molecular formula is C24H30Cl2N2O2S. The first-order chi connectivity index (χ1) is 14.7. The summed E-state index contributed by atoms with van der Waals surface area (Å²) in [5.41, 5.74) is 3.14. The number of halogens is 2. The fourth-order valence-corrected chi connectivity index (χ4v) is 4.42. The number of carbonyl (C=O) groups is 2. The van der Waals surface area contributed by atoms with Crippen molar-refractivity contribution in [3.8, 4) is 0 Å². The number of hydrogen-bond donors (Lipinski definition) is 1. The predicted octanol–water partition coefficient (Wildman–Crippen LogP) is 5.87. The second-order valence-corrected chi connectivity index (χ2v) is 9.58. The van der Waals surface area contributed by atoms with Gasteiger partial charge in [-0.3, -0.25) is 9.59 Å². The van der Waals surface area contributed by atoms with Crippen molar-refractivity contribution in [2.45, 2.75) is 58.5 Å². The van der Waals surface area contributed by atoms with Crippen LogP contribution < -0.4 is 5.32 Å². The van der Waals surface area contributed by atoms with E-state index < -0.39 is 6.04 Å². The highest BCUT2D eigenvalue weighted by atomic mass is 35.5. The number of nitrogens with one attached hydrogen (secondary N) is 1. The summed E-state index contributed by atoms with van der Waals surface area (Å²) in [5, 5.41) is 3.97. The summed E-state index contributed by atoms with van der Waals surface area (Å²) in [6.07, 6.45) is 0.549. The van der Waals surface area contributed by atoms with E-state index in [0.717, 1.165) is 16.7 Å². The summed E-state index contributed by atoms with van der Waals surface area (Å²) in [7, 11) is 0. The van der Waals surface area contributed by atoms with Gasteiger partial charge in [0.2, 0.25) is 11.8 Å². The molecule has 2 rings (SSSR count). The molecule has 2 aromatic carbocycles. The van der Waals surface area contributed by atoms with E-state index in [9.17, 15) is 9.59 Å². The van der Waals surface area contributed by atoms with Crippen LogP contribution in [0.5, 0.6) is 0 Å². The normalized spacial score (nSPS) is 12.0. The first-order valence-corrected chi connectivity index (χ1v) is 12.3. The van der Waals surface area contributed by atoms with Crippen LogP contribution in [0.3, 0.4) is 0 Å². The van der Waals surface area contributed by atoms with Gasteiger partial charge in [-0.15, -0.1) is 11.8 Å². The minimum Gasteiger partial charge on any atom is -0.352 e. The second kappa shape index (κ2) is 12.4. The molecule has 2 aromatic rings. The summed E-state index contributed by atoms with van der Waals surface area (Å²) >= 11 is 13.6. The molecule has 0 aliphatic rings. The van der Waals surface area contributed by atoms with Crippen LogP contribution in [0.25, 0.3) is 0 Å². The maximum atomic E-state index is 13.2. The Morgan fingerprint density at radius 1 is 1.10 bits per heavy atom. The van der Waals surface area contributed by atoms with Crippen LogP contribution in [0.4, 0.5) is 0 Å². The molecular weight excluding hydrogens is 451 g/mol. The molecule has 7 heteroatoms. The minimum atomic E-state index is -0.514. The van der Waals surface area contributed by atoms with E-state index in [1.165, 1.54) is 11.8 Å². The van der Waals surface area contributed by atoms with Gasteiger partial charge in [0.15, 0.2) is 0 Å². The Morgan fingerprint density at radius 2 is 1.81 bits per heavy atom. The Morgan fingerprint density at radius 3 is 2.42 bits per heavy atom. The molecule has 0 heterocycles. The molecule has 0 spiro atoms. The molecule has 0 saturated heterocycles. The number of nitrogens with zero attached hydrogens (tertiary/aromatic N) is 1. The van der Waals surface area contributed by atoms with Gasteiger partial charge in [-0.25, -0.2) is 0 Å². The Hall–Kier alpha value is -1.69. The third kappa shape index (κ3) is 7.74. The lowest BCUT2D eigenvalue weighted by Crippen LogP contribution is -2.51. The standard InChI is InChI=1S/C24H30Cl2N2O2S/c1-5-22(24(30)27-16(2)3)28(13-19-9-7-6-8-17(19)4)23(29)15-31-14-18-10-11-20(25)21(26)12-18/h6-12,16,22H,5,13-15H2,1-4H3,(H,27,30)/t22-/m1/s1. The third-order valence-electron chi connectivity index (χ3n) is 4.90. The van der Waals surface area contributed by atoms with Crippen molar-refractivity contribution in [2.24, 2.45) is 0 Å². The Balaban J connectivity index is 2.15. The van der Waals surface area contributed by atoms with Gasteiger partial charge in [-0.1, -0.05) is 60.5 Å². The molecule has 0 saturated carbocycles. The van der Waals surface area contributed by atoms with E-state index in [1.54, 1.807) is 11.0 Å². The van der Waals surface area contributed by atoms with E-state index in [1.807, 2.05) is 64.1 Å². The van der Waals surface area contributed by atoms with E-state index in [4.69, 9.17) is 23.2 Å². The van der Waals surface area contributed by atoms with Crippen molar-refractivity contribution in [1.82, 2.24) is 10.2 Å². The van der Waals surface area contributed by atoms with Crippen LogP contribution in [0.1, 0.15) is 43.9 Å². The monoisotopic (exact) mass is 480 g/mol. The lowest BCUT2D eigenvalue weighted by atomic mass is 10.1. The molecule has 168 valence electrons. The van der Waals surface area contributed by atoms with Gasteiger partial charge in [0, 0.05) is 18.3 Å². The lowest BCUT2D eigenvalue weighted by molar-refractivity contribution is -0.139. The van der Waals surface area contributed by atoms with Gasteiger partial charge in [0.25, 0.3) is 0 Å². The number of rotatable bonds is 10. The average Bonchev–Trinajstić information content (AvgIpc) is 2.71. The van der Waals surface area contributed by atoms with Crippen molar-refractivity contribution in [3.05, 3.63) is 69.2 Å². The maximum Gasteiger partial charge on any atom is 0.243 e. The van der Waals surface area contributed by atoms with Gasteiger partial charge in [0.1, 0.15) is 6.04 Å². The van der Waals surface area contributed by atoms with Gasteiger partial charge in [-0.2, -0.15) is 0 Å². The molecule has 0 fully saturated rings. The zero-order valence-electron chi connectivity index (χ0n) is 18.5. The SMILES string of the molecule is CC[C@H](C(=O)NC(C)C)N(Cc1ccccc1C)C(=O)CSCc1ccc(Cl)c(Cl)c1. The molecule has 31 heavy (non-hydrogen) atoms. The van der Waals surface area contributed by atoms with Crippen LogP contribution >= 0.6 is 35.0 Å². The quantitative estimate of drug-likeness (QED) is 0.462. The predicted molar refractivity (Wildman–Crippen MR) is 132 cm³/mol. The van der Waals surface area contributed by atoms with Crippen molar-refractivity contribution < 1.29 is 9.59 Å². The Bertz CT molecular complexity index is 905. The summed E-state index contributed by atoms with van der Waals surface area (Å²) in [6.45, 7) is 8.21. The summed E-state index contributed by atoms with van der Waals surface area (Å²) in [6, 6.07) is 12.9.